The van der Waals surface area contributed by atoms with Gasteiger partial charge in [-0.2, -0.15) is 18.3 Å². The Kier molecular flexibility index (Phi) is 7.28. The highest BCUT2D eigenvalue weighted by Gasteiger charge is 2.37. The molecule has 1 saturated carbocycles. The molecular weight excluding hydrogens is 447 g/mol. The Morgan fingerprint density at radius 2 is 1.91 bits per heavy atom. The summed E-state index contributed by atoms with van der Waals surface area (Å²) in [5.41, 5.74) is -0.775. The Morgan fingerprint density at radius 1 is 1.21 bits per heavy atom. The molecule has 1 aromatic carbocycles. The molecule has 0 unspecified atom stereocenters. The van der Waals surface area contributed by atoms with Crippen LogP contribution in [0.5, 0.6) is 0 Å². The zero-order valence-corrected chi connectivity index (χ0v) is 19.5. The average Bonchev–Trinajstić information content (AvgIpc) is 2.78. The Labute approximate surface area is 197 Å². The minimum atomic E-state index is -4.46. The molecule has 1 atom stereocenters. The summed E-state index contributed by atoms with van der Waals surface area (Å²) in [6.07, 6.45) is 0.888. The van der Waals surface area contributed by atoms with E-state index in [1.807, 2.05) is 0 Å². The largest absolute Gasteiger partial charge is 0.416 e. The summed E-state index contributed by atoms with van der Waals surface area (Å²) in [6.45, 7) is 5.59. The highest BCUT2D eigenvalue weighted by molar-refractivity contribution is 5.93. The van der Waals surface area contributed by atoms with Gasteiger partial charge in [-0.25, -0.2) is 0 Å². The molecule has 0 bridgehead atoms. The lowest BCUT2D eigenvalue weighted by Gasteiger charge is -2.47. The van der Waals surface area contributed by atoms with Gasteiger partial charge >= 0.3 is 6.18 Å². The van der Waals surface area contributed by atoms with E-state index in [0.717, 1.165) is 50.9 Å². The normalized spacial score (nSPS) is 23.0. The molecule has 0 radical (unpaired) electrons. The quantitative estimate of drug-likeness (QED) is 0.564. The third kappa shape index (κ3) is 5.60. The summed E-state index contributed by atoms with van der Waals surface area (Å²) in [5.74, 6) is 0.572. The van der Waals surface area contributed by atoms with Crippen LogP contribution in [-0.2, 0) is 11.0 Å². The van der Waals surface area contributed by atoms with Crippen molar-refractivity contribution in [2.45, 2.75) is 63.9 Å². The van der Waals surface area contributed by atoms with Crippen LogP contribution in [-0.4, -0.2) is 63.9 Å². The summed E-state index contributed by atoms with van der Waals surface area (Å²) in [5, 5.41) is 24.6. The minimum absolute atomic E-state index is 0.0590. The lowest BCUT2D eigenvalue weighted by molar-refractivity contribution is -0.137. The fourth-order valence-corrected chi connectivity index (χ4v) is 5.08. The number of hydrogen-bond acceptors (Lipinski definition) is 6. The van der Waals surface area contributed by atoms with Crippen LogP contribution in [0.15, 0.2) is 24.4 Å². The highest BCUT2D eigenvalue weighted by Crippen LogP contribution is 2.34. The molecule has 7 nitrogen and oxygen atoms in total. The van der Waals surface area contributed by atoms with E-state index >= 15 is 0 Å². The van der Waals surface area contributed by atoms with Gasteiger partial charge in [-0.3, -0.25) is 9.69 Å². The molecule has 10 heteroatoms. The van der Waals surface area contributed by atoms with Gasteiger partial charge in [0.05, 0.1) is 30.5 Å². The van der Waals surface area contributed by atoms with E-state index in [2.05, 4.69) is 39.6 Å². The molecule has 1 amide bonds. The minimum Gasteiger partial charge on any atom is -0.393 e. The number of aromatic nitrogens is 2. The second-order valence-electron chi connectivity index (χ2n) is 9.87. The number of halogens is 3. The number of carbonyl (C=O) groups excluding carboxylic acids is 1. The van der Waals surface area contributed by atoms with Crippen LogP contribution in [0.25, 0.3) is 10.8 Å². The third-order valence-corrected chi connectivity index (χ3v) is 7.11. The first-order chi connectivity index (χ1) is 16.1. The first-order valence-electron chi connectivity index (χ1n) is 11.9. The number of fused-ring (bicyclic) bond motifs is 1. The van der Waals surface area contributed by atoms with Crippen molar-refractivity contribution in [3.05, 3.63) is 30.0 Å². The number of aliphatic hydroxyl groups excluding tert-OH is 1. The van der Waals surface area contributed by atoms with Gasteiger partial charge < -0.3 is 15.7 Å². The molecular formula is C24H32F3N5O2. The lowest BCUT2D eigenvalue weighted by Crippen LogP contribution is -2.63. The summed E-state index contributed by atoms with van der Waals surface area (Å²) in [6, 6.07) is 3.92. The topological polar surface area (TPSA) is 90.4 Å². The maximum Gasteiger partial charge on any atom is 0.416 e. The zero-order chi connectivity index (χ0) is 24.5. The lowest BCUT2D eigenvalue weighted by atomic mass is 9.78. The van der Waals surface area contributed by atoms with Gasteiger partial charge in [-0.05, 0) is 49.7 Å². The number of aliphatic hydroxyl groups is 1. The maximum atomic E-state index is 13.1. The second kappa shape index (κ2) is 10.0. The van der Waals surface area contributed by atoms with Gasteiger partial charge in [0.1, 0.15) is 0 Å². The Hall–Kier alpha value is -2.46. The zero-order valence-electron chi connectivity index (χ0n) is 19.5. The highest BCUT2D eigenvalue weighted by atomic mass is 19.4. The number of nitrogens with one attached hydrogen (secondary N) is 2. The van der Waals surface area contributed by atoms with E-state index in [0.29, 0.717) is 17.3 Å². The molecule has 0 spiro atoms. The van der Waals surface area contributed by atoms with Crippen molar-refractivity contribution in [2.24, 2.45) is 11.8 Å². The molecule has 2 aromatic rings. The van der Waals surface area contributed by atoms with E-state index < -0.39 is 11.7 Å². The van der Waals surface area contributed by atoms with Crippen molar-refractivity contribution < 1.29 is 23.1 Å². The Balaban J connectivity index is 1.24. The maximum absolute atomic E-state index is 13.1. The van der Waals surface area contributed by atoms with Crippen molar-refractivity contribution in [3.8, 4) is 0 Å². The number of nitrogens with zero attached hydrogens (tertiary/aromatic N) is 3. The molecule has 1 aromatic heterocycles. The number of amides is 1. The number of hydrogen-bond donors (Lipinski definition) is 3. The number of alkyl halides is 3. The van der Waals surface area contributed by atoms with Crippen molar-refractivity contribution in [3.63, 3.8) is 0 Å². The number of likely N-dealkylation sites (tertiary alicyclic amines) is 1. The summed E-state index contributed by atoms with van der Waals surface area (Å²) >= 11 is 0. The summed E-state index contributed by atoms with van der Waals surface area (Å²) in [7, 11) is 0. The molecule has 3 N–H and O–H groups in total. The van der Waals surface area contributed by atoms with Gasteiger partial charge in [0.2, 0.25) is 5.91 Å². The number of rotatable bonds is 7. The first-order valence-corrected chi connectivity index (χ1v) is 11.9. The molecule has 186 valence electrons. The van der Waals surface area contributed by atoms with Crippen LogP contribution >= 0.6 is 0 Å². The van der Waals surface area contributed by atoms with Gasteiger partial charge in [0, 0.05) is 29.9 Å². The summed E-state index contributed by atoms with van der Waals surface area (Å²) in [4.78, 5) is 14.8. The molecule has 1 aliphatic heterocycles. The predicted octanol–water partition coefficient (Wildman–Crippen LogP) is 3.44. The SMILES string of the molecule is CC(C)[C@H](O)[C@H]1CC[C@H](N2CC(NC(=O)CNc3nncc4ccc(C(F)(F)F)cc34)C2)CC1. The van der Waals surface area contributed by atoms with Crippen LogP contribution < -0.4 is 10.6 Å². The molecule has 1 aliphatic carbocycles. The smallest absolute Gasteiger partial charge is 0.393 e. The van der Waals surface area contributed by atoms with E-state index in [9.17, 15) is 23.1 Å². The standard InChI is InChI=1S/C24H32F3N5O2/c1-14(2)22(34)15-4-7-19(8-5-15)32-12-18(13-32)30-21(33)11-28-23-20-9-17(24(25,26)27)6-3-16(20)10-29-31-23/h3,6,9-10,14-15,18-19,22,34H,4-5,7-8,11-13H2,1-2H3,(H,28,31)(H,30,33)/t15-,19-,22-/m0/s1. The van der Waals surface area contributed by atoms with Gasteiger partial charge in [0.15, 0.2) is 5.82 Å². The number of carbonyl (C=O) groups is 1. The van der Waals surface area contributed by atoms with E-state index in [4.69, 9.17) is 0 Å². The van der Waals surface area contributed by atoms with Gasteiger partial charge in [0.25, 0.3) is 0 Å². The predicted molar refractivity (Wildman–Crippen MR) is 123 cm³/mol. The van der Waals surface area contributed by atoms with Crippen molar-refractivity contribution in [1.82, 2.24) is 20.4 Å². The van der Waals surface area contributed by atoms with Gasteiger partial charge in [-0.15, -0.1) is 5.10 Å². The molecule has 4 rings (SSSR count). The van der Waals surface area contributed by atoms with E-state index in [1.165, 1.54) is 12.3 Å². The Bertz CT molecular complexity index is 1000. The molecule has 2 fully saturated rings. The molecule has 1 saturated heterocycles. The monoisotopic (exact) mass is 479 g/mol. The number of anilines is 1. The van der Waals surface area contributed by atoms with Crippen molar-refractivity contribution >= 4 is 22.5 Å². The van der Waals surface area contributed by atoms with Crippen LogP contribution in [0.2, 0.25) is 0 Å². The number of benzene rings is 1. The molecule has 2 aliphatic rings. The third-order valence-electron chi connectivity index (χ3n) is 7.11. The van der Waals surface area contributed by atoms with Crippen LogP contribution in [0.1, 0.15) is 45.1 Å². The molecule has 34 heavy (non-hydrogen) atoms. The van der Waals surface area contributed by atoms with Crippen molar-refractivity contribution in [1.29, 1.82) is 0 Å². The van der Waals surface area contributed by atoms with Crippen molar-refractivity contribution in [2.75, 3.05) is 25.0 Å². The van der Waals surface area contributed by atoms with Gasteiger partial charge in [-0.1, -0.05) is 19.9 Å². The Morgan fingerprint density at radius 3 is 2.56 bits per heavy atom. The second-order valence-corrected chi connectivity index (χ2v) is 9.87. The summed E-state index contributed by atoms with van der Waals surface area (Å²) < 4.78 is 39.2. The van der Waals surface area contributed by atoms with Crippen LogP contribution in [0.3, 0.4) is 0 Å². The average molecular weight is 480 g/mol. The first kappa shape index (κ1) is 24.7. The fourth-order valence-electron chi connectivity index (χ4n) is 5.08. The van der Waals surface area contributed by atoms with Crippen LogP contribution in [0.4, 0.5) is 19.0 Å². The van der Waals surface area contributed by atoms with E-state index in [1.54, 1.807) is 0 Å². The fraction of sp³-hybridized carbons (Fsp3) is 0.625. The van der Waals surface area contributed by atoms with E-state index in [-0.39, 0.29) is 41.7 Å². The molecule has 2 heterocycles. The van der Waals surface area contributed by atoms with Crippen LogP contribution in [0, 0.1) is 11.8 Å².